The van der Waals surface area contributed by atoms with E-state index in [4.69, 9.17) is 23.2 Å². The van der Waals surface area contributed by atoms with E-state index in [1.54, 1.807) is 27.9 Å². The van der Waals surface area contributed by atoms with Crippen LogP contribution in [0.4, 0.5) is 0 Å². The highest BCUT2D eigenvalue weighted by atomic mass is 35.5. The van der Waals surface area contributed by atoms with E-state index in [0.717, 1.165) is 24.1 Å². The van der Waals surface area contributed by atoms with Gasteiger partial charge in [-0.3, -0.25) is 4.79 Å². The van der Waals surface area contributed by atoms with Crippen LogP contribution in [0, 0.1) is 0 Å². The molecule has 0 aliphatic rings. The van der Waals surface area contributed by atoms with Crippen LogP contribution in [0.2, 0.25) is 10.0 Å². The van der Waals surface area contributed by atoms with Crippen molar-refractivity contribution in [2.75, 3.05) is 27.2 Å². The smallest absolute Gasteiger partial charge is 0.276 e. The Bertz CT molecular complexity index is 975. The lowest BCUT2D eigenvalue weighted by Crippen LogP contribution is -2.33. The van der Waals surface area contributed by atoms with E-state index in [0.29, 0.717) is 35.4 Å². The van der Waals surface area contributed by atoms with Crippen LogP contribution in [-0.4, -0.2) is 57.9 Å². The molecule has 8 heteroatoms. The fraction of sp³-hybridized carbons (Fsp3) is 0.318. The molecule has 0 saturated carbocycles. The molecule has 0 aliphatic heterocycles. The molecule has 6 nitrogen and oxygen atoms in total. The number of carbonyl (C=O) groups excluding carboxylic acids is 1. The van der Waals surface area contributed by atoms with Crippen molar-refractivity contribution in [3.05, 3.63) is 81.6 Å². The summed E-state index contributed by atoms with van der Waals surface area (Å²) in [5, 5.41) is 9.21. The molecule has 1 aromatic heterocycles. The molecule has 158 valence electrons. The fourth-order valence-corrected chi connectivity index (χ4v) is 3.42. The van der Waals surface area contributed by atoms with Gasteiger partial charge >= 0.3 is 0 Å². The number of amides is 1. The van der Waals surface area contributed by atoms with Crippen LogP contribution in [0.5, 0.6) is 0 Å². The summed E-state index contributed by atoms with van der Waals surface area (Å²) < 4.78 is 1.68. The molecule has 0 fully saturated rings. The lowest BCUT2D eigenvalue weighted by atomic mass is 10.2. The number of hydrogen-bond acceptors (Lipinski definition) is 4. The Kier molecular flexibility index (Phi) is 7.85. The molecule has 30 heavy (non-hydrogen) atoms. The van der Waals surface area contributed by atoms with Crippen LogP contribution in [0.15, 0.2) is 54.7 Å². The van der Waals surface area contributed by atoms with Gasteiger partial charge in [0.25, 0.3) is 5.91 Å². The van der Waals surface area contributed by atoms with Gasteiger partial charge in [-0.15, -0.1) is 5.10 Å². The van der Waals surface area contributed by atoms with Crippen molar-refractivity contribution >= 4 is 29.1 Å². The Morgan fingerprint density at radius 3 is 2.47 bits per heavy atom. The van der Waals surface area contributed by atoms with Gasteiger partial charge in [-0.25, -0.2) is 4.68 Å². The van der Waals surface area contributed by atoms with Crippen molar-refractivity contribution in [1.29, 1.82) is 0 Å². The first-order chi connectivity index (χ1) is 14.4. The molecule has 0 unspecified atom stereocenters. The predicted octanol–water partition coefficient (Wildman–Crippen LogP) is 4.23. The summed E-state index contributed by atoms with van der Waals surface area (Å²) in [4.78, 5) is 17.1. The third-order valence-electron chi connectivity index (χ3n) is 4.62. The van der Waals surface area contributed by atoms with Crippen LogP contribution in [0.25, 0.3) is 0 Å². The predicted molar refractivity (Wildman–Crippen MR) is 120 cm³/mol. The van der Waals surface area contributed by atoms with E-state index in [1.807, 2.05) is 50.5 Å². The quantitative estimate of drug-likeness (QED) is 0.494. The summed E-state index contributed by atoms with van der Waals surface area (Å²) >= 11 is 12.2. The van der Waals surface area contributed by atoms with Crippen LogP contribution in [0.3, 0.4) is 0 Å². The summed E-state index contributed by atoms with van der Waals surface area (Å²) in [5.74, 6) is -0.154. The largest absolute Gasteiger partial charge is 0.333 e. The zero-order chi connectivity index (χ0) is 21.5. The van der Waals surface area contributed by atoms with Crippen LogP contribution < -0.4 is 0 Å². The average molecular weight is 446 g/mol. The third-order valence-corrected chi connectivity index (χ3v) is 5.36. The van der Waals surface area contributed by atoms with Gasteiger partial charge in [0.05, 0.1) is 22.8 Å². The Hall–Kier alpha value is -2.41. The number of nitrogens with zero attached hydrogens (tertiary/aromatic N) is 5. The maximum Gasteiger partial charge on any atom is 0.276 e. The zero-order valence-electron chi connectivity index (χ0n) is 17.1. The van der Waals surface area contributed by atoms with Crippen molar-refractivity contribution in [1.82, 2.24) is 24.8 Å². The number of halogens is 2. The molecular formula is C22H25Cl2N5O. The molecule has 1 amide bonds. The molecule has 3 aromatic rings. The minimum Gasteiger partial charge on any atom is -0.333 e. The van der Waals surface area contributed by atoms with Crippen molar-refractivity contribution in [3.63, 3.8) is 0 Å². The van der Waals surface area contributed by atoms with Crippen molar-refractivity contribution in [3.8, 4) is 0 Å². The second-order valence-electron chi connectivity index (χ2n) is 7.42. The van der Waals surface area contributed by atoms with Crippen molar-refractivity contribution in [2.24, 2.45) is 0 Å². The van der Waals surface area contributed by atoms with Gasteiger partial charge in [0.2, 0.25) is 0 Å². The standard InChI is InChI=1S/C22H25Cl2N5O/c1-27(2)11-6-12-28(14-18-9-10-19(23)20(24)13-18)22(30)21-16-29(26-25-21)15-17-7-4-3-5-8-17/h3-5,7-10,13,16H,6,11-12,14-15H2,1-2H3. The van der Waals surface area contributed by atoms with Gasteiger partial charge in [0, 0.05) is 13.1 Å². The molecule has 0 bridgehead atoms. The second kappa shape index (κ2) is 10.6. The van der Waals surface area contributed by atoms with Gasteiger partial charge in [-0.1, -0.05) is 64.8 Å². The molecule has 0 atom stereocenters. The molecule has 0 aliphatic carbocycles. The average Bonchev–Trinajstić information content (AvgIpc) is 3.18. The first-order valence-corrected chi connectivity index (χ1v) is 10.5. The monoisotopic (exact) mass is 445 g/mol. The van der Waals surface area contributed by atoms with E-state index in [1.165, 1.54) is 0 Å². The number of benzene rings is 2. The second-order valence-corrected chi connectivity index (χ2v) is 8.23. The number of aromatic nitrogens is 3. The summed E-state index contributed by atoms with van der Waals surface area (Å²) in [6.45, 7) is 2.47. The summed E-state index contributed by atoms with van der Waals surface area (Å²) in [6.07, 6.45) is 2.54. The Morgan fingerprint density at radius 1 is 1.00 bits per heavy atom. The van der Waals surface area contributed by atoms with E-state index in [-0.39, 0.29) is 5.91 Å². The first kappa shape index (κ1) is 22.3. The number of rotatable bonds is 9. The first-order valence-electron chi connectivity index (χ1n) is 9.74. The normalized spacial score (nSPS) is 11.1. The van der Waals surface area contributed by atoms with Gasteiger partial charge in [0.15, 0.2) is 5.69 Å². The summed E-state index contributed by atoms with van der Waals surface area (Å²) in [6, 6.07) is 15.4. The summed E-state index contributed by atoms with van der Waals surface area (Å²) in [7, 11) is 4.03. The molecule has 0 saturated heterocycles. The van der Waals surface area contributed by atoms with E-state index in [2.05, 4.69) is 15.2 Å². The molecule has 0 N–H and O–H groups in total. The van der Waals surface area contributed by atoms with Crippen molar-refractivity contribution < 1.29 is 4.79 Å². The zero-order valence-corrected chi connectivity index (χ0v) is 18.6. The highest BCUT2D eigenvalue weighted by Crippen LogP contribution is 2.23. The minimum atomic E-state index is -0.154. The highest BCUT2D eigenvalue weighted by molar-refractivity contribution is 6.42. The Labute approximate surface area is 187 Å². The maximum absolute atomic E-state index is 13.2. The molecule has 0 radical (unpaired) electrons. The van der Waals surface area contributed by atoms with Gasteiger partial charge in [0.1, 0.15) is 0 Å². The van der Waals surface area contributed by atoms with Crippen LogP contribution >= 0.6 is 23.2 Å². The number of hydrogen-bond donors (Lipinski definition) is 0. The molecule has 2 aromatic carbocycles. The lowest BCUT2D eigenvalue weighted by molar-refractivity contribution is 0.0731. The van der Waals surface area contributed by atoms with Crippen molar-refractivity contribution in [2.45, 2.75) is 19.5 Å². The van der Waals surface area contributed by atoms with Gasteiger partial charge < -0.3 is 9.80 Å². The van der Waals surface area contributed by atoms with Crippen LogP contribution in [-0.2, 0) is 13.1 Å². The molecule has 1 heterocycles. The van der Waals surface area contributed by atoms with E-state index >= 15 is 0 Å². The molecule has 3 rings (SSSR count). The molecule has 0 spiro atoms. The Morgan fingerprint density at radius 2 is 1.77 bits per heavy atom. The minimum absolute atomic E-state index is 0.154. The number of carbonyl (C=O) groups is 1. The van der Waals surface area contributed by atoms with Gasteiger partial charge in [-0.05, 0) is 50.3 Å². The third kappa shape index (κ3) is 6.29. The topological polar surface area (TPSA) is 54.3 Å². The summed E-state index contributed by atoms with van der Waals surface area (Å²) in [5.41, 5.74) is 2.34. The van der Waals surface area contributed by atoms with Gasteiger partial charge in [-0.2, -0.15) is 0 Å². The highest BCUT2D eigenvalue weighted by Gasteiger charge is 2.20. The SMILES string of the molecule is CN(C)CCCN(Cc1ccc(Cl)c(Cl)c1)C(=O)c1cn(Cc2ccccc2)nn1. The lowest BCUT2D eigenvalue weighted by Gasteiger charge is -2.23. The van der Waals surface area contributed by atoms with Crippen LogP contribution in [0.1, 0.15) is 28.0 Å². The fourth-order valence-electron chi connectivity index (χ4n) is 3.09. The molecular weight excluding hydrogens is 421 g/mol. The van der Waals surface area contributed by atoms with E-state index < -0.39 is 0 Å². The Balaban J connectivity index is 1.74. The maximum atomic E-state index is 13.2. The van der Waals surface area contributed by atoms with E-state index in [9.17, 15) is 4.79 Å².